The van der Waals surface area contributed by atoms with Crippen molar-refractivity contribution in [2.75, 3.05) is 29.8 Å². The molecule has 2 aromatic carbocycles. The second-order valence-corrected chi connectivity index (χ2v) is 7.26. The molecule has 1 fully saturated rings. The van der Waals surface area contributed by atoms with Gasteiger partial charge in [0, 0.05) is 41.8 Å². The molecule has 2 aliphatic heterocycles. The molecule has 3 amide bonds. The van der Waals surface area contributed by atoms with Crippen LogP contribution in [0.4, 0.5) is 11.4 Å². The summed E-state index contributed by atoms with van der Waals surface area (Å²) in [6.07, 6.45) is -2.79. The first kappa shape index (κ1) is 11.3. The zero-order valence-corrected chi connectivity index (χ0v) is 17.4. The van der Waals surface area contributed by atoms with Crippen molar-refractivity contribution in [3.05, 3.63) is 65.4 Å². The standard InChI is InChI=1S/C25H25N5O4/c1-34-19-11-9-18(10-12-19)30-23-20(22(27-30)24(26)32)13-15-29(25(23)33)17-7-5-16(6-8-17)28-14-3-2-4-21(28)31/h5-12H,2-4,13-15H2,1H3,(H2,26,32)/i1D3,9D,10D,11D,12D,13D2,14D2,15D2. The summed E-state index contributed by atoms with van der Waals surface area (Å²) in [5.41, 5.74) is 1.67. The molecular formula is C25H25N5O4. The van der Waals surface area contributed by atoms with Crippen LogP contribution in [0.1, 0.15) is 63.6 Å². The van der Waals surface area contributed by atoms with Gasteiger partial charge in [0.05, 0.1) is 25.1 Å². The topological polar surface area (TPSA) is 111 Å². The maximum atomic E-state index is 14.2. The lowest BCUT2D eigenvalue weighted by molar-refractivity contribution is -0.119. The molecule has 3 aromatic rings. The molecule has 9 heteroatoms. The minimum absolute atomic E-state index is 0.0577. The Bertz CT molecular complexity index is 1810. The van der Waals surface area contributed by atoms with Gasteiger partial charge in [0.1, 0.15) is 11.4 Å². The maximum absolute atomic E-state index is 14.2. The van der Waals surface area contributed by atoms with Crippen LogP contribution in [0.3, 0.4) is 0 Å². The monoisotopic (exact) mass is 472 g/mol. The van der Waals surface area contributed by atoms with E-state index in [1.54, 1.807) is 0 Å². The van der Waals surface area contributed by atoms with Crippen molar-refractivity contribution in [1.82, 2.24) is 9.78 Å². The van der Waals surface area contributed by atoms with E-state index in [1.807, 2.05) is 0 Å². The first-order chi connectivity index (χ1) is 21.5. The molecule has 0 radical (unpaired) electrons. The molecule has 9 nitrogen and oxygen atoms in total. The Hall–Kier alpha value is -4.14. The first-order valence-electron chi connectivity index (χ1n) is 16.6. The van der Waals surface area contributed by atoms with E-state index in [1.165, 1.54) is 12.1 Å². The quantitative estimate of drug-likeness (QED) is 0.614. The largest absolute Gasteiger partial charge is 0.497 e. The van der Waals surface area contributed by atoms with Crippen molar-refractivity contribution < 1.29 is 36.9 Å². The summed E-state index contributed by atoms with van der Waals surface area (Å²) in [4.78, 5) is 40.6. The number of primary amides is 1. The predicted molar refractivity (Wildman–Crippen MR) is 127 cm³/mol. The predicted octanol–water partition coefficient (Wildman–Crippen LogP) is 2.70. The van der Waals surface area contributed by atoms with Crippen LogP contribution in [0, 0.1) is 0 Å². The Morgan fingerprint density at radius 3 is 2.41 bits per heavy atom. The smallest absolute Gasteiger partial charge is 0.277 e. The van der Waals surface area contributed by atoms with Crippen LogP contribution in [0.2, 0.25) is 0 Å². The van der Waals surface area contributed by atoms with Crippen molar-refractivity contribution in [1.29, 1.82) is 0 Å². The third-order valence-electron chi connectivity index (χ3n) is 5.17. The number of aromatic nitrogens is 2. The third kappa shape index (κ3) is 3.68. The average molecular weight is 473 g/mol. The fourth-order valence-corrected chi connectivity index (χ4v) is 3.59. The number of fused-ring (bicyclic) bond motifs is 1. The van der Waals surface area contributed by atoms with E-state index in [0.717, 1.165) is 17.0 Å². The Balaban J connectivity index is 1.73. The van der Waals surface area contributed by atoms with Crippen LogP contribution in [-0.4, -0.2) is 47.5 Å². The van der Waals surface area contributed by atoms with Gasteiger partial charge in [-0.2, -0.15) is 5.10 Å². The fraction of sp³-hybridized carbons (Fsp3) is 0.280. The van der Waals surface area contributed by atoms with Gasteiger partial charge in [-0.15, -0.1) is 0 Å². The summed E-state index contributed by atoms with van der Waals surface area (Å²) in [5, 5.41) is 3.85. The molecule has 0 bridgehead atoms. The molecule has 2 aliphatic rings. The van der Waals surface area contributed by atoms with E-state index >= 15 is 0 Å². The zero-order valence-electron chi connectivity index (χ0n) is 30.4. The van der Waals surface area contributed by atoms with E-state index < -0.39 is 96.7 Å². The normalized spacial score (nSPS) is 26.3. The average Bonchev–Trinajstić information content (AvgIpc) is 3.35. The number of nitrogens with two attached hydrogens (primary N) is 1. The summed E-state index contributed by atoms with van der Waals surface area (Å²) < 4.78 is 112. The van der Waals surface area contributed by atoms with Gasteiger partial charge in [-0.3, -0.25) is 14.4 Å². The number of rotatable bonds is 5. The van der Waals surface area contributed by atoms with Crippen LogP contribution in [0.5, 0.6) is 5.75 Å². The molecule has 0 saturated carbocycles. The second-order valence-electron chi connectivity index (χ2n) is 7.26. The molecule has 0 aliphatic carbocycles. The van der Waals surface area contributed by atoms with E-state index in [4.69, 9.17) is 23.6 Å². The number of methoxy groups -OCH3 is 1. The lowest BCUT2D eigenvalue weighted by Gasteiger charge is -2.29. The van der Waals surface area contributed by atoms with Crippen LogP contribution in [0.15, 0.2) is 48.4 Å². The van der Waals surface area contributed by atoms with Gasteiger partial charge in [0.15, 0.2) is 5.69 Å². The fourth-order valence-electron chi connectivity index (χ4n) is 3.59. The van der Waals surface area contributed by atoms with E-state index in [0.29, 0.717) is 16.0 Å². The highest BCUT2D eigenvalue weighted by molar-refractivity contribution is 6.09. The number of anilines is 2. The van der Waals surface area contributed by atoms with Gasteiger partial charge in [-0.1, -0.05) is 0 Å². The molecule has 5 rings (SSSR count). The third-order valence-corrected chi connectivity index (χ3v) is 5.17. The highest BCUT2D eigenvalue weighted by Gasteiger charge is 2.34. The number of benzene rings is 2. The Kier molecular flexibility index (Phi) is 2.88. The minimum atomic E-state index is -3.27. The molecule has 34 heavy (non-hydrogen) atoms. The molecule has 2 N–H and O–H groups in total. The lowest BCUT2D eigenvalue weighted by Crippen LogP contribution is -2.39. The number of ether oxygens (including phenoxy) is 1. The number of piperidine rings is 1. The maximum Gasteiger partial charge on any atom is 0.277 e. The summed E-state index contributed by atoms with van der Waals surface area (Å²) in [6.45, 7) is -5.30. The summed E-state index contributed by atoms with van der Waals surface area (Å²) in [5.74, 6) is -4.23. The van der Waals surface area contributed by atoms with E-state index in [-0.39, 0.29) is 24.2 Å². The van der Waals surface area contributed by atoms with Crippen molar-refractivity contribution in [2.24, 2.45) is 5.73 Å². The molecule has 174 valence electrons. The molecule has 0 spiro atoms. The van der Waals surface area contributed by atoms with Gasteiger partial charge in [0.2, 0.25) is 5.91 Å². The first-order valence-corrected chi connectivity index (χ1v) is 10.1. The Labute approximate surface area is 215 Å². The van der Waals surface area contributed by atoms with Gasteiger partial charge in [0.25, 0.3) is 11.8 Å². The van der Waals surface area contributed by atoms with Gasteiger partial charge < -0.3 is 20.3 Å². The molecule has 0 atom stereocenters. The highest BCUT2D eigenvalue weighted by Crippen LogP contribution is 2.31. The van der Waals surface area contributed by atoms with Crippen molar-refractivity contribution in [3.8, 4) is 11.4 Å². The molecule has 1 saturated heterocycles. The molecule has 0 unspecified atom stereocenters. The van der Waals surface area contributed by atoms with Gasteiger partial charge >= 0.3 is 0 Å². The van der Waals surface area contributed by atoms with Crippen molar-refractivity contribution in [2.45, 2.75) is 25.6 Å². The molecule has 3 heterocycles. The van der Waals surface area contributed by atoms with Crippen LogP contribution < -0.4 is 20.3 Å². The van der Waals surface area contributed by atoms with Crippen molar-refractivity contribution in [3.63, 3.8) is 0 Å². The Morgan fingerprint density at radius 1 is 1.06 bits per heavy atom. The number of nitrogens with zero attached hydrogens (tertiary/aromatic N) is 4. The van der Waals surface area contributed by atoms with Crippen LogP contribution in [-0.2, 0) is 11.2 Å². The second kappa shape index (κ2) is 8.66. The molecular weight excluding hydrogens is 434 g/mol. The van der Waals surface area contributed by atoms with Gasteiger partial charge in [-0.25, -0.2) is 4.68 Å². The summed E-state index contributed by atoms with van der Waals surface area (Å²) in [6, 6.07) is 0.764. The van der Waals surface area contributed by atoms with Gasteiger partial charge in [-0.05, 0) is 67.6 Å². The minimum Gasteiger partial charge on any atom is -0.497 e. The summed E-state index contributed by atoms with van der Waals surface area (Å²) >= 11 is 0. The Morgan fingerprint density at radius 2 is 1.76 bits per heavy atom. The van der Waals surface area contributed by atoms with Crippen molar-refractivity contribution >= 4 is 29.1 Å². The number of carbonyl (C=O) groups excluding carboxylic acids is 3. The zero-order chi connectivity index (χ0) is 35.2. The summed E-state index contributed by atoms with van der Waals surface area (Å²) in [7, 11) is -3.17. The number of carbonyl (C=O) groups is 3. The van der Waals surface area contributed by atoms with E-state index in [2.05, 4.69) is 9.84 Å². The lowest BCUT2D eigenvalue weighted by atomic mass is 10.0. The number of amides is 3. The SMILES string of the molecule is [2H]c1c([2H])c(-n2nc(C(N)=O)c3c2C(=O)N(c2ccc(N4C(=O)CCCC4([2H])[2H])cc2)C([2H])([2H])C3([2H])[2H])c([2H])c([2H])c1OC([2H])([2H])[2H]. The van der Waals surface area contributed by atoms with Crippen LogP contribution in [0.25, 0.3) is 5.69 Å². The molecule has 1 aromatic heterocycles. The number of hydrogen-bond donors (Lipinski definition) is 1. The number of hydrogen-bond acceptors (Lipinski definition) is 5. The highest BCUT2D eigenvalue weighted by atomic mass is 16.5. The van der Waals surface area contributed by atoms with E-state index in [9.17, 15) is 14.4 Å². The van der Waals surface area contributed by atoms with Crippen LogP contribution >= 0.6 is 0 Å².